The Morgan fingerprint density at radius 2 is 1.94 bits per heavy atom. The van der Waals surface area contributed by atoms with Gasteiger partial charge in [0.05, 0.1) is 0 Å². The molecule has 0 aliphatic heterocycles. The molecule has 90 valence electrons. The number of benzene rings is 1. The van der Waals surface area contributed by atoms with Crippen molar-refractivity contribution in [3.05, 3.63) is 28.2 Å². The summed E-state index contributed by atoms with van der Waals surface area (Å²) in [6.07, 6.45) is 0. The van der Waals surface area contributed by atoms with Crippen LogP contribution in [0, 0.1) is 5.41 Å². The van der Waals surface area contributed by atoms with Crippen LogP contribution in [-0.2, 0) is 6.54 Å². The summed E-state index contributed by atoms with van der Waals surface area (Å²) in [6, 6.07) is 5.95. The molecule has 1 aromatic carbocycles. The fourth-order valence-electron chi connectivity index (χ4n) is 1.88. The lowest BCUT2D eigenvalue weighted by Gasteiger charge is -2.27. The molecule has 1 aromatic rings. The summed E-state index contributed by atoms with van der Waals surface area (Å²) in [7, 11) is 2.13. The highest BCUT2D eigenvalue weighted by atomic mass is 79.9. The van der Waals surface area contributed by atoms with E-state index in [1.54, 1.807) is 0 Å². The van der Waals surface area contributed by atoms with Gasteiger partial charge in [-0.05, 0) is 24.6 Å². The Morgan fingerprint density at radius 1 is 1.31 bits per heavy atom. The smallest absolute Gasteiger partial charge is 0.0371 e. The first-order valence-electron chi connectivity index (χ1n) is 5.51. The summed E-state index contributed by atoms with van der Waals surface area (Å²) >= 11 is 3.55. The minimum absolute atomic E-state index is 0.310. The first-order chi connectivity index (χ1) is 7.29. The second-order valence-electron chi connectivity index (χ2n) is 5.54. The van der Waals surface area contributed by atoms with E-state index < -0.39 is 0 Å². The molecule has 0 bridgehead atoms. The van der Waals surface area contributed by atoms with E-state index >= 15 is 0 Å². The molecule has 0 fully saturated rings. The van der Waals surface area contributed by atoms with Gasteiger partial charge in [-0.3, -0.25) is 0 Å². The zero-order valence-electron chi connectivity index (χ0n) is 10.5. The highest BCUT2D eigenvalue weighted by molar-refractivity contribution is 9.10. The average Bonchev–Trinajstić information content (AvgIpc) is 2.08. The van der Waals surface area contributed by atoms with Crippen LogP contribution >= 0.6 is 15.9 Å². The van der Waals surface area contributed by atoms with Gasteiger partial charge in [-0.25, -0.2) is 0 Å². The molecule has 0 spiro atoms. The summed E-state index contributed by atoms with van der Waals surface area (Å²) in [5.74, 6) is 0. The monoisotopic (exact) mass is 284 g/mol. The van der Waals surface area contributed by atoms with Crippen molar-refractivity contribution in [3.8, 4) is 0 Å². The van der Waals surface area contributed by atoms with Crippen LogP contribution < -0.4 is 5.73 Å². The van der Waals surface area contributed by atoms with E-state index in [1.165, 1.54) is 5.56 Å². The molecule has 2 N–H and O–H groups in total. The normalized spacial score (nSPS) is 12.1. The standard InChI is InChI=1S/C13H21BrN2/c1-13(2,3)9-16(4)8-10-11(14)6-5-7-12(10)15/h5-7H,8-9,15H2,1-4H3. The van der Waals surface area contributed by atoms with Crippen LogP contribution in [0.1, 0.15) is 26.3 Å². The summed E-state index contributed by atoms with van der Waals surface area (Å²) in [6.45, 7) is 8.66. The second kappa shape index (κ2) is 5.19. The molecule has 1 rings (SSSR count). The number of halogens is 1. The van der Waals surface area contributed by atoms with Crippen LogP contribution in [0.4, 0.5) is 5.69 Å². The predicted molar refractivity (Wildman–Crippen MR) is 74.3 cm³/mol. The van der Waals surface area contributed by atoms with E-state index in [9.17, 15) is 0 Å². The van der Waals surface area contributed by atoms with E-state index in [2.05, 4.69) is 48.6 Å². The molecule has 16 heavy (non-hydrogen) atoms. The lowest BCUT2D eigenvalue weighted by Crippen LogP contribution is -2.29. The summed E-state index contributed by atoms with van der Waals surface area (Å²) in [4.78, 5) is 2.30. The van der Waals surface area contributed by atoms with Gasteiger partial charge >= 0.3 is 0 Å². The Labute approximate surface area is 107 Å². The number of nitrogens with zero attached hydrogens (tertiary/aromatic N) is 1. The molecule has 3 heteroatoms. The SMILES string of the molecule is CN(Cc1c(N)cccc1Br)CC(C)(C)C. The van der Waals surface area contributed by atoms with Crippen LogP contribution in [0.3, 0.4) is 0 Å². The van der Waals surface area contributed by atoms with Crippen molar-refractivity contribution in [1.29, 1.82) is 0 Å². The maximum atomic E-state index is 5.98. The van der Waals surface area contributed by atoms with E-state index in [4.69, 9.17) is 5.73 Å². The maximum absolute atomic E-state index is 5.98. The van der Waals surface area contributed by atoms with Crippen LogP contribution in [0.5, 0.6) is 0 Å². The third-order valence-electron chi connectivity index (χ3n) is 2.33. The quantitative estimate of drug-likeness (QED) is 0.861. The highest BCUT2D eigenvalue weighted by Crippen LogP contribution is 2.25. The van der Waals surface area contributed by atoms with Gasteiger partial charge < -0.3 is 10.6 Å². The summed E-state index contributed by atoms with van der Waals surface area (Å²) < 4.78 is 1.09. The van der Waals surface area contributed by atoms with Gasteiger partial charge in [-0.15, -0.1) is 0 Å². The largest absolute Gasteiger partial charge is 0.398 e. The van der Waals surface area contributed by atoms with Gasteiger partial charge in [-0.2, -0.15) is 0 Å². The second-order valence-corrected chi connectivity index (χ2v) is 6.39. The molecule has 2 nitrogen and oxygen atoms in total. The molecule has 0 aromatic heterocycles. The van der Waals surface area contributed by atoms with Crippen molar-refractivity contribution in [1.82, 2.24) is 4.90 Å². The third kappa shape index (κ3) is 4.14. The molecule has 0 radical (unpaired) electrons. The molecule has 0 aliphatic carbocycles. The molecule has 0 heterocycles. The van der Waals surface area contributed by atoms with Crippen LogP contribution in [-0.4, -0.2) is 18.5 Å². The number of nitrogen functional groups attached to an aromatic ring is 1. The Hall–Kier alpha value is -0.540. The number of nitrogens with two attached hydrogens (primary N) is 1. The van der Waals surface area contributed by atoms with E-state index in [0.29, 0.717) is 5.41 Å². The fraction of sp³-hybridized carbons (Fsp3) is 0.538. The Balaban J connectivity index is 2.73. The number of anilines is 1. The van der Waals surface area contributed by atoms with Crippen molar-refractivity contribution in [2.45, 2.75) is 27.3 Å². The molecule has 0 atom stereocenters. The van der Waals surface area contributed by atoms with Crippen molar-refractivity contribution in [2.75, 3.05) is 19.3 Å². The maximum Gasteiger partial charge on any atom is 0.0371 e. The van der Waals surface area contributed by atoms with Gasteiger partial charge in [0.15, 0.2) is 0 Å². The Kier molecular flexibility index (Phi) is 4.39. The van der Waals surface area contributed by atoms with E-state index in [1.807, 2.05) is 18.2 Å². The van der Waals surface area contributed by atoms with Gasteiger partial charge in [0.2, 0.25) is 0 Å². The van der Waals surface area contributed by atoms with Crippen LogP contribution in [0.25, 0.3) is 0 Å². The lowest BCUT2D eigenvalue weighted by molar-refractivity contribution is 0.221. The zero-order chi connectivity index (χ0) is 12.3. The van der Waals surface area contributed by atoms with Crippen LogP contribution in [0.15, 0.2) is 22.7 Å². The van der Waals surface area contributed by atoms with Gasteiger partial charge in [0.1, 0.15) is 0 Å². The van der Waals surface area contributed by atoms with Crippen molar-refractivity contribution >= 4 is 21.6 Å². The molecule has 0 unspecified atom stereocenters. The Morgan fingerprint density at radius 3 is 2.44 bits per heavy atom. The molecular weight excluding hydrogens is 264 g/mol. The molecular formula is C13H21BrN2. The van der Waals surface area contributed by atoms with Gasteiger partial charge in [-0.1, -0.05) is 42.8 Å². The van der Waals surface area contributed by atoms with Crippen molar-refractivity contribution in [3.63, 3.8) is 0 Å². The first kappa shape index (κ1) is 13.5. The number of hydrogen-bond acceptors (Lipinski definition) is 2. The summed E-state index contributed by atoms with van der Waals surface area (Å²) in [5.41, 5.74) is 8.32. The minimum Gasteiger partial charge on any atom is -0.398 e. The topological polar surface area (TPSA) is 29.3 Å². The summed E-state index contributed by atoms with van der Waals surface area (Å²) in [5, 5.41) is 0. The fourth-order valence-corrected chi connectivity index (χ4v) is 2.38. The number of hydrogen-bond donors (Lipinski definition) is 1. The lowest BCUT2D eigenvalue weighted by atomic mass is 9.96. The van der Waals surface area contributed by atoms with E-state index in [0.717, 1.165) is 23.2 Å². The molecule has 0 saturated carbocycles. The highest BCUT2D eigenvalue weighted by Gasteiger charge is 2.15. The zero-order valence-corrected chi connectivity index (χ0v) is 12.1. The molecule has 0 amide bonds. The third-order valence-corrected chi connectivity index (χ3v) is 3.07. The van der Waals surface area contributed by atoms with Crippen molar-refractivity contribution < 1.29 is 0 Å². The minimum atomic E-state index is 0.310. The molecule has 0 aliphatic rings. The average molecular weight is 285 g/mol. The number of rotatable bonds is 3. The van der Waals surface area contributed by atoms with Crippen LogP contribution in [0.2, 0.25) is 0 Å². The van der Waals surface area contributed by atoms with Gasteiger partial charge in [0.25, 0.3) is 0 Å². The van der Waals surface area contributed by atoms with E-state index in [-0.39, 0.29) is 0 Å². The van der Waals surface area contributed by atoms with Gasteiger partial charge in [0, 0.05) is 28.8 Å². The first-order valence-corrected chi connectivity index (χ1v) is 6.30. The molecule has 0 saturated heterocycles. The van der Waals surface area contributed by atoms with Crippen molar-refractivity contribution in [2.24, 2.45) is 5.41 Å². The predicted octanol–water partition coefficient (Wildman–Crippen LogP) is 3.51. The Bertz CT molecular complexity index is 335.